The van der Waals surface area contributed by atoms with Crippen molar-refractivity contribution in [3.8, 4) is 0 Å². The van der Waals surface area contributed by atoms with Crippen LogP contribution in [0.3, 0.4) is 0 Å². The lowest BCUT2D eigenvalue weighted by Crippen LogP contribution is -2.21. The van der Waals surface area contributed by atoms with Gasteiger partial charge in [-0.05, 0) is 16.6 Å². The zero-order valence-electron chi connectivity index (χ0n) is 13.4. The van der Waals surface area contributed by atoms with E-state index in [0.29, 0.717) is 11.2 Å². The van der Waals surface area contributed by atoms with Crippen LogP contribution in [0, 0.1) is 10.1 Å². The molecule has 0 saturated heterocycles. The SMILES string of the molecule is CS(=O)(=O)C[C@H](Nc1nc2ccccn2c1[N+](=O)[O-])c1ccccc1. The van der Waals surface area contributed by atoms with Gasteiger partial charge in [0.05, 0.1) is 18.0 Å². The maximum Gasteiger partial charge on any atom is 0.372 e. The van der Waals surface area contributed by atoms with Crippen LogP contribution in [-0.2, 0) is 9.84 Å². The van der Waals surface area contributed by atoms with Gasteiger partial charge in [-0.15, -0.1) is 0 Å². The van der Waals surface area contributed by atoms with Crippen molar-refractivity contribution in [2.45, 2.75) is 6.04 Å². The highest BCUT2D eigenvalue weighted by Gasteiger charge is 2.26. The van der Waals surface area contributed by atoms with Crippen LogP contribution in [0.4, 0.5) is 11.6 Å². The number of hydrogen-bond donors (Lipinski definition) is 1. The zero-order chi connectivity index (χ0) is 18.0. The fourth-order valence-corrected chi connectivity index (χ4v) is 3.51. The lowest BCUT2D eigenvalue weighted by molar-refractivity contribution is -0.389. The Bertz CT molecular complexity index is 1020. The quantitative estimate of drug-likeness (QED) is 0.534. The number of pyridine rings is 1. The summed E-state index contributed by atoms with van der Waals surface area (Å²) in [7, 11) is -3.32. The molecule has 25 heavy (non-hydrogen) atoms. The van der Waals surface area contributed by atoms with Gasteiger partial charge in [0.25, 0.3) is 0 Å². The molecule has 0 unspecified atom stereocenters. The molecule has 1 aromatic carbocycles. The number of nitrogens with zero attached hydrogens (tertiary/aromatic N) is 3. The van der Waals surface area contributed by atoms with Gasteiger partial charge in [0.2, 0.25) is 11.5 Å². The molecule has 1 N–H and O–H groups in total. The third kappa shape index (κ3) is 3.77. The molecule has 0 radical (unpaired) electrons. The topological polar surface area (TPSA) is 107 Å². The highest BCUT2D eigenvalue weighted by atomic mass is 32.2. The molecule has 0 fully saturated rings. The molecule has 0 spiro atoms. The Balaban J connectivity index is 2.07. The Labute approximate surface area is 144 Å². The third-order valence-corrected chi connectivity index (χ3v) is 4.60. The summed E-state index contributed by atoms with van der Waals surface area (Å²) in [4.78, 5) is 15.2. The van der Waals surface area contributed by atoms with E-state index in [2.05, 4.69) is 10.3 Å². The van der Waals surface area contributed by atoms with Gasteiger partial charge in [-0.1, -0.05) is 36.4 Å². The Morgan fingerprint density at radius 3 is 2.52 bits per heavy atom. The van der Waals surface area contributed by atoms with Gasteiger partial charge in [0.1, 0.15) is 9.84 Å². The summed E-state index contributed by atoms with van der Waals surface area (Å²) in [6, 6.07) is 13.3. The monoisotopic (exact) mass is 360 g/mol. The van der Waals surface area contributed by atoms with E-state index < -0.39 is 20.8 Å². The van der Waals surface area contributed by atoms with E-state index in [9.17, 15) is 18.5 Å². The van der Waals surface area contributed by atoms with Crippen LogP contribution in [0.15, 0.2) is 54.7 Å². The van der Waals surface area contributed by atoms with Crippen molar-refractivity contribution in [3.05, 3.63) is 70.4 Å². The number of aromatic nitrogens is 2. The van der Waals surface area contributed by atoms with Crippen LogP contribution in [0.25, 0.3) is 5.65 Å². The Morgan fingerprint density at radius 1 is 1.20 bits per heavy atom. The lowest BCUT2D eigenvalue weighted by atomic mass is 10.1. The molecular weight excluding hydrogens is 344 g/mol. The number of sulfone groups is 1. The average Bonchev–Trinajstić information content (AvgIpc) is 2.92. The highest BCUT2D eigenvalue weighted by molar-refractivity contribution is 7.90. The lowest BCUT2D eigenvalue weighted by Gasteiger charge is -2.17. The summed E-state index contributed by atoms with van der Waals surface area (Å²) < 4.78 is 24.9. The second-order valence-corrected chi connectivity index (χ2v) is 7.85. The molecule has 0 aliphatic carbocycles. The first-order valence-corrected chi connectivity index (χ1v) is 9.52. The molecule has 0 aliphatic rings. The number of imidazole rings is 1. The van der Waals surface area contributed by atoms with Crippen molar-refractivity contribution in [1.82, 2.24) is 9.38 Å². The minimum absolute atomic E-state index is 0.0358. The minimum Gasteiger partial charge on any atom is -0.358 e. The van der Waals surface area contributed by atoms with Crippen LogP contribution >= 0.6 is 0 Å². The minimum atomic E-state index is -3.32. The summed E-state index contributed by atoms with van der Waals surface area (Å²) in [5, 5.41) is 14.4. The second kappa shape index (κ2) is 6.52. The summed E-state index contributed by atoms with van der Waals surface area (Å²) in [6.45, 7) is 0. The normalized spacial score (nSPS) is 12.8. The summed E-state index contributed by atoms with van der Waals surface area (Å²) in [6.07, 6.45) is 2.67. The number of fused-ring (bicyclic) bond motifs is 1. The Kier molecular flexibility index (Phi) is 4.41. The predicted octanol–water partition coefficient (Wildman–Crippen LogP) is 2.44. The molecule has 8 nitrogen and oxygen atoms in total. The fourth-order valence-electron chi connectivity index (χ4n) is 2.63. The maximum atomic E-state index is 11.8. The molecule has 1 atom stereocenters. The van der Waals surface area contributed by atoms with Crippen LogP contribution in [0.5, 0.6) is 0 Å². The van der Waals surface area contributed by atoms with Gasteiger partial charge < -0.3 is 15.4 Å². The first kappa shape index (κ1) is 16.9. The van der Waals surface area contributed by atoms with Crippen molar-refractivity contribution in [3.63, 3.8) is 0 Å². The largest absolute Gasteiger partial charge is 0.372 e. The standard InChI is InChI=1S/C16H16N4O4S/c1-25(23,24)11-13(12-7-3-2-4-8-12)17-15-16(20(21)22)19-10-6-5-9-14(19)18-15/h2-10,13,17H,11H2,1H3/t13-/m0/s1. The van der Waals surface area contributed by atoms with Gasteiger partial charge in [0, 0.05) is 12.3 Å². The number of rotatable bonds is 6. The van der Waals surface area contributed by atoms with Gasteiger partial charge in [0.15, 0.2) is 0 Å². The van der Waals surface area contributed by atoms with E-state index >= 15 is 0 Å². The highest BCUT2D eigenvalue weighted by Crippen LogP contribution is 2.29. The second-order valence-electron chi connectivity index (χ2n) is 5.67. The molecule has 3 aromatic rings. The number of anilines is 1. The van der Waals surface area contributed by atoms with Crippen LogP contribution in [-0.4, -0.2) is 34.7 Å². The van der Waals surface area contributed by atoms with Gasteiger partial charge >= 0.3 is 5.82 Å². The van der Waals surface area contributed by atoms with E-state index in [0.717, 1.165) is 6.26 Å². The maximum absolute atomic E-state index is 11.8. The van der Waals surface area contributed by atoms with E-state index in [1.165, 1.54) is 4.40 Å². The predicted molar refractivity (Wildman–Crippen MR) is 94.4 cm³/mol. The van der Waals surface area contributed by atoms with Crippen LogP contribution < -0.4 is 5.32 Å². The van der Waals surface area contributed by atoms with Crippen LogP contribution in [0.1, 0.15) is 11.6 Å². The number of benzene rings is 1. The summed E-state index contributed by atoms with van der Waals surface area (Å²) in [5.74, 6) is -0.402. The molecule has 0 aliphatic heterocycles. The van der Waals surface area contributed by atoms with Crippen molar-refractivity contribution in [2.75, 3.05) is 17.3 Å². The molecular formula is C16H16N4O4S. The molecule has 2 aromatic heterocycles. The zero-order valence-corrected chi connectivity index (χ0v) is 14.2. The fraction of sp³-hybridized carbons (Fsp3) is 0.188. The van der Waals surface area contributed by atoms with Gasteiger partial charge in [-0.2, -0.15) is 9.38 Å². The summed E-state index contributed by atoms with van der Waals surface area (Å²) in [5.41, 5.74) is 1.11. The Hall–Kier alpha value is -2.94. The molecule has 2 heterocycles. The first-order valence-electron chi connectivity index (χ1n) is 7.46. The van der Waals surface area contributed by atoms with Crippen molar-refractivity contribution in [1.29, 1.82) is 0 Å². The van der Waals surface area contributed by atoms with Gasteiger partial charge in [-0.3, -0.25) is 0 Å². The number of nitrogens with one attached hydrogen (secondary N) is 1. The van der Waals surface area contributed by atoms with Crippen molar-refractivity contribution in [2.24, 2.45) is 0 Å². The molecule has 3 rings (SSSR count). The van der Waals surface area contributed by atoms with Crippen molar-refractivity contribution >= 4 is 27.1 Å². The van der Waals surface area contributed by atoms with Gasteiger partial charge in [-0.25, -0.2) is 8.42 Å². The Morgan fingerprint density at radius 2 is 1.88 bits per heavy atom. The average molecular weight is 360 g/mol. The smallest absolute Gasteiger partial charge is 0.358 e. The molecule has 0 saturated carbocycles. The van der Waals surface area contributed by atoms with E-state index in [-0.39, 0.29) is 17.4 Å². The number of hydrogen-bond acceptors (Lipinski definition) is 6. The van der Waals surface area contributed by atoms with E-state index in [1.807, 2.05) is 6.07 Å². The van der Waals surface area contributed by atoms with E-state index in [4.69, 9.17) is 0 Å². The molecule has 0 bridgehead atoms. The van der Waals surface area contributed by atoms with E-state index in [1.54, 1.807) is 48.7 Å². The first-order chi connectivity index (χ1) is 11.8. The molecule has 0 amide bonds. The van der Waals surface area contributed by atoms with Crippen LogP contribution in [0.2, 0.25) is 0 Å². The molecule has 130 valence electrons. The third-order valence-electron chi connectivity index (χ3n) is 3.66. The van der Waals surface area contributed by atoms with Crippen molar-refractivity contribution < 1.29 is 13.3 Å². The summed E-state index contributed by atoms with van der Waals surface area (Å²) >= 11 is 0. The number of nitro groups is 1. The molecule has 9 heteroatoms.